The summed E-state index contributed by atoms with van der Waals surface area (Å²) in [7, 11) is 0. The van der Waals surface area contributed by atoms with E-state index in [4.69, 9.17) is 0 Å². The van der Waals surface area contributed by atoms with Gasteiger partial charge in [-0.05, 0) is 25.0 Å². The zero-order valence-corrected chi connectivity index (χ0v) is 24.0. The summed E-state index contributed by atoms with van der Waals surface area (Å²) in [5, 5.41) is 0. The number of aromatic nitrogens is 1. The quantitative estimate of drug-likeness (QED) is 0.104. The molecule has 35 heavy (non-hydrogen) atoms. The van der Waals surface area contributed by atoms with E-state index in [0.717, 1.165) is 0 Å². The summed E-state index contributed by atoms with van der Waals surface area (Å²) in [5.41, 5.74) is 0. The Morgan fingerprint density at radius 2 is 0.686 bits per heavy atom. The molecule has 204 valence electrons. The SMILES string of the molecule is CCCCCCCCCCCCCCCCCCCCCCCCCCCCC=Cn1cccc1. The third-order valence-electron chi connectivity index (χ3n) is 7.63. The lowest BCUT2D eigenvalue weighted by molar-refractivity contribution is 0.515. The van der Waals surface area contributed by atoms with Gasteiger partial charge in [0, 0.05) is 18.6 Å². The summed E-state index contributed by atoms with van der Waals surface area (Å²) in [6.45, 7) is 2.30. The van der Waals surface area contributed by atoms with Crippen molar-refractivity contribution in [3.05, 3.63) is 30.6 Å². The van der Waals surface area contributed by atoms with Crippen LogP contribution in [0.1, 0.15) is 180 Å². The van der Waals surface area contributed by atoms with Crippen molar-refractivity contribution in [3.8, 4) is 0 Å². The molecule has 1 heterocycles. The van der Waals surface area contributed by atoms with Gasteiger partial charge in [-0.1, -0.05) is 174 Å². The first-order valence-corrected chi connectivity index (χ1v) is 16.2. The van der Waals surface area contributed by atoms with Crippen LogP contribution in [0, 0.1) is 0 Å². The highest BCUT2D eigenvalue weighted by atomic mass is 14.9. The van der Waals surface area contributed by atoms with Crippen LogP contribution in [-0.2, 0) is 0 Å². The minimum atomic E-state index is 1.22. The van der Waals surface area contributed by atoms with Crippen molar-refractivity contribution >= 4 is 6.20 Å². The number of nitrogens with zero attached hydrogens (tertiary/aromatic N) is 1. The van der Waals surface area contributed by atoms with Gasteiger partial charge in [0.05, 0.1) is 0 Å². The van der Waals surface area contributed by atoms with E-state index in [0.29, 0.717) is 0 Å². The molecule has 0 amide bonds. The number of allylic oxidation sites excluding steroid dienone is 1. The monoisotopic (exact) mass is 485 g/mol. The molecule has 0 aliphatic rings. The van der Waals surface area contributed by atoms with Crippen LogP contribution < -0.4 is 0 Å². The number of unbranched alkanes of at least 4 members (excludes halogenated alkanes) is 26. The van der Waals surface area contributed by atoms with E-state index in [9.17, 15) is 0 Å². The lowest BCUT2D eigenvalue weighted by Crippen LogP contribution is -1.84. The first kappa shape index (κ1) is 32.0. The maximum atomic E-state index is 2.30. The fourth-order valence-corrected chi connectivity index (χ4v) is 5.22. The van der Waals surface area contributed by atoms with Crippen molar-refractivity contribution < 1.29 is 0 Å². The van der Waals surface area contributed by atoms with Crippen LogP contribution in [0.25, 0.3) is 6.20 Å². The molecule has 1 aromatic rings. The van der Waals surface area contributed by atoms with E-state index < -0.39 is 0 Å². The Morgan fingerprint density at radius 3 is 1.00 bits per heavy atom. The van der Waals surface area contributed by atoms with Gasteiger partial charge >= 0.3 is 0 Å². The highest BCUT2D eigenvalue weighted by molar-refractivity contribution is 5.22. The summed E-state index contributed by atoms with van der Waals surface area (Å²) in [5.74, 6) is 0. The predicted octanol–water partition coefficient (Wildman–Crippen LogP) is 12.5. The second-order valence-electron chi connectivity index (χ2n) is 11.1. The molecule has 0 unspecified atom stereocenters. The molecule has 1 rings (SSSR count). The van der Waals surface area contributed by atoms with E-state index in [1.807, 2.05) is 0 Å². The first-order valence-electron chi connectivity index (χ1n) is 16.2. The van der Waals surface area contributed by atoms with Gasteiger partial charge in [-0.15, -0.1) is 0 Å². The van der Waals surface area contributed by atoms with Gasteiger partial charge in [-0.3, -0.25) is 0 Å². The molecule has 0 N–H and O–H groups in total. The van der Waals surface area contributed by atoms with E-state index in [-0.39, 0.29) is 0 Å². The summed E-state index contributed by atoms with van der Waals surface area (Å²) in [4.78, 5) is 0. The Balaban J connectivity index is 1.63. The number of rotatable bonds is 28. The Bertz CT molecular complexity index is 515. The third-order valence-corrected chi connectivity index (χ3v) is 7.63. The van der Waals surface area contributed by atoms with Gasteiger partial charge in [0.1, 0.15) is 0 Å². The molecule has 1 heteroatoms. The Labute approximate surface area is 221 Å². The average Bonchev–Trinajstić information content (AvgIpc) is 3.39. The van der Waals surface area contributed by atoms with Crippen LogP contribution in [0.15, 0.2) is 30.6 Å². The molecule has 0 fully saturated rings. The van der Waals surface area contributed by atoms with Crippen molar-refractivity contribution in [2.75, 3.05) is 0 Å². The van der Waals surface area contributed by atoms with E-state index in [1.54, 1.807) is 0 Å². The highest BCUT2D eigenvalue weighted by Gasteiger charge is 1.96. The molecule has 0 spiro atoms. The van der Waals surface area contributed by atoms with E-state index in [1.165, 1.54) is 173 Å². The van der Waals surface area contributed by atoms with E-state index in [2.05, 4.69) is 48.3 Å². The molecule has 0 bridgehead atoms. The summed E-state index contributed by atoms with van der Waals surface area (Å²) < 4.78 is 2.13. The summed E-state index contributed by atoms with van der Waals surface area (Å²) in [6, 6.07) is 4.15. The van der Waals surface area contributed by atoms with Crippen molar-refractivity contribution in [2.45, 2.75) is 180 Å². The Hall–Kier alpha value is -0.980. The molecule has 1 aromatic heterocycles. The first-order chi connectivity index (χ1) is 17.4. The second kappa shape index (κ2) is 27.6. The number of hydrogen-bond acceptors (Lipinski definition) is 0. The smallest absolute Gasteiger partial charge is 0.00823 e. The van der Waals surface area contributed by atoms with Gasteiger partial charge in [0.2, 0.25) is 0 Å². The Kier molecular flexibility index (Phi) is 25.3. The lowest BCUT2D eigenvalue weighted by Gasteiger charge is -2.04. The maximum absolute atomic E-state index is 2.30. The van der Waals surface area contributed by atoms with Gasteiger partial charge in [0.25, 0.3) is 0 Å². The third kappa shape index (κ3) is 24.5. The van der Waals surface area contributed by atoms with E-state index >= 15 is 0 Å². The molecule has 0 atom stereocenters. The van der Waals surface area contributed by atoms with Crippen LogP contribution in [0.2, 0.25) is 0 Å². The predicted molar refractivity (Wildman–Crippen MR) is 160 cm³/mol. The van der Waals surface area contributed by atoms with Crippen LogP contribution in [0.5, 0.6) is 0 Å². The molecule has 0 aliphatic carbocycles. The zero-order valence-electron chi connectivity index (χ0n) is 24.0. The standard InChI is InChI=1S/C34H63N/c1-2-3-4-5-6-7-8-9-10-11-12-13-14-15-16-17-18-19-20-21-22-23-24-25-26-27-28-29-32-35-33-30-31-34-35/h29-34H,2-28H2,1H3. The molecule has 0 radical (unpaired) electrons. The molecule has 0 aromatic carbocycles. The van der Waals surface area contributed by atoms with Gasteiger partial charge in [-0.2, -0.15) is 0 Å². The zero-order chi connectivity index (χ0) is 24.9. The van der Waals surface area contributed by atoms with Gasteiger partial charge < -0.3 is 4.57 Å². The lowest BCUT2D eigenvalue weighted by atomic mass is 10.0. The highest BCUT2D eigenvalue weighted by Crippen LogP contribution is 2.16. The van der Waals surface area contributed by atoms with Crippen molar-refractivity contribution in [3.63, 3.8) is 0 Å². The van der Waals surface area contributed by atoms with Crippen LogP contribution >= 0.6 is 0 Å². The van der Waals surface area contributed by atoms with Gasteiger partial charge in [-0.25, -0.2) is 0 Å². The van der Waals surface area contributed by atoms with Crippen molar-refractivity contribution in [1.29, 1.82) is 0 Å². The molecular weight excluding hydrogens is 422 g/mol. The molecule has 0 saturated heterocycles. The summed E-state index contributed by atoms with van der Waals surface area (Å²) >= 11 is 0. The normalized spacial score (nSPS) is 11.7. The molecule has 0 aliphatic heterocycles. The maximum Gasteiger partial charge on any atom is 0.00823 e. The minimum Gasteiger partial charge on any atom is -0.331 e. The minimum absolute atomic E-state index is 1.22. The molecule has 0 saturated carbocycles. The second-order valence-corrected chi connectivity index (χ2v) is 11.1. The number of hydrogen-bond donors (Lipinski definition) is 0. The summed E-state index contributed by atoms with van der Waals surface area (Å²) in [6.07, 6.45) is 47.9. The molecule has 1 nitrogen and oxygen atoms in total. The van der Waals surface area contributed by atoms with Crippen molar-refractivity contribution in [2.24, 2.45) is 0 Å². The van der Waals surface area contributed by atoms with Crippen molar-refractivity contribution in [1.82, 2.24) is 4.57 Å². The molecular formula is C34H63N. The fraction of sp³-hybridized carbons (Fsp3) is 0.824. The van der Waals surface area contributed by atoms with Crippen LogP contribution in [0.3, 0.4) is 0 Å². The Morgan fingerprint density at radius 1 is 0.400 bits per heavy atom. The van der Waals surface area contributed by atoms with Crippen LogP contribution in [-0.4, -0.2) is 4.57 Å². The topological polar surface area (TPSA) is 4.93 Å². The van der Waals surface area contributed by atoms with Crippen LogP contribution in [0.4, 0.5) is 0 Å². The average molecular weight is 486 g/mol. The fourth-order valence-electron chi connectivity index (χ4n) is 5.22. The largest absolute Gasteiger partial charge is 0.331 e. The van der Waals surface area contributed by atoms with Gasteiger partial charge in [0.15, 0.2) is 0 Å².